The van der Waals surface area contributed by atoms with E-state index < -0.39 is 0 Å². The van der Waals surface area contributed by atoms with Gasteiger partial charge in [-0.25, -0.2) is 9.97 Å². The van der Waals surface area contributed by atoms with E-state index in [1.165, 1.54) is 24.1 Å². The normalized spacial score (nSPS) is 27.3. The summed E-state index contributed by atoms with van der Waals surface area (Å²) in [6, 6.07) is 0.428. The van der Waals surface area contributed by atoms with Gasteiger partial charge in [0.2, 0.25) is 5.91 Å². The third-order valence-electron chi connectivity index (χ3n) is 7.08. The van der Waals surface area contributed by atoms with Gasteiger partial charge in [-0.2, -0.15) is 0 Å². The highest BCUT2D eigenvalue weighted by Gasteiger charge is 2.46. The molecule has 7 heteroatoms. The van der Waals surface area contributed by atoms with E-state index in [4.69, 9.17) is 19.4 Å². The van der Waals surface area contributed by atoms with Gasteiger partial charge in [-0.1, -0.05) is 0 Å². The molecule has 7 nitrogen and oxygen atoms in total. The van der Waals surface area contributed by atoms with Crippen molar-refractivity contribution in [1.82, 2.24) is 14.9 Å². The van der Waals surface area contributed by atoms with Crippen molar-refractivity contribution >= 4 is 11.7 Å². The van der Waals surface area contributed by atoms with Crippen LogP contribution in [0.4, 0.5) is 5.82 Å². The van der Waals surface area contributed by atoms with Crippen LogP contribution in [0.2, 0.25) is 0 Å². The summed E-state index contributed by atoms with van der Waals surface area (Å²) in [7, 11) is 1.59. The highest BCUT2D eigenvalue weighted by molar-refractivity contribution is 5.77. The highest BCUT2D eigenvalue weighted by atomic mass is 16.5. The van der Waals surface area contributed by atoms with Gasteiger partial charge in [0.15, 0.2) is 0 Å². The molecule has 2 aliphatic heterocycles. The van der Waals surface area contributed by atoms with Gasteiger partial charge in [-0.15, -0.1) is 0 Å². The zero-order valence-corrected chi connectivity index (χ0v) is 17.4. The second-order valence-corrected chi connectivity index (χ2v) is 9.20. The van der Waals surface area contributed by atoms with Crippen LogP contribution in [0.15, 0.2) is 0 Å². The van der Waals surface area contributed by atoms with Crippen LogP contribution in [0.3, 0.4) is 0 Å². The topological polar surface area (TPSA) is 76.6 Å². The van der Waals surface area contributed by atoms with Crippen molar-refractivity contribution in [2.75, 3.05) is 45.3 Å². The fourth-order valence-corrected chi connectivity index (χ4v) is 5.29. The fourth-order valence-electron chi connectivity index (χ4n) is 5.29. The lowest BCUT2D eigenvalue weighted by Crippen LogP contribution is -2.49. The van der Waals surface area contributed by atoms with Crippen LogP contribution in [0.25, 0.3) is 0 Å². The number of carbonyl (C=O) groups excluding carboxylic acids is 1. The van der Waals surface area contributed by atoms with Crippen molar-refractivity contribution in [2.24, 2.45) is 0 Å². The minimum Gasteiger partial charge on any atom is -0.381 e. The molecule has 5 rings (SSSR count). The van der Waals surface area contributed by atoms with Crippen LogP contribution in [0.5, 0.6) is 0 Å². The van der Waals surface area contributed by atoms with Gasteiger partial charge in [0.1, 0.15) is 18.2 Å². The Morgan fingerprint density at radius 1 is 1.24 bits per heavy atom. The fraction of sp³-hybridized carbons (Fsp3) is 0.773. The molecule has 1 saturated carbocycles. The maximum absolute atomic E-state index is 12.5. The van der Waals surface area contributed by atoms with E-state index in [0.29, 0.717) is 12.0 Å². The summed E-state index contributed by atoms with van der Waals surface area (Å²) in [6.07, 6.45) is 8.64. The number of piperidine rings is 1. The first kappa shape index (κ1) is 19.2. The van der Waals surface area contributed by atoms with E-state index in [1.807, 2.05) is 4.90 Å². The lowest BCUT2D eigenvalue weighted by molar-refractivity contribution is -0.137. The van der Waals surface area contributed by atoms with Crippen LogP contribution in [-0.2, 0) is 26.1 Å². The molecule has 2 aliphatic carbocycles. The number of carbonyl (C=O) groups is 1. The Kier molecular flexibility index (Phi) is 5.20. The SMILES string of the molecule is COCC(=O)N1CCCC2(CCc3c(NC4CCOCC4)nc(C4CC4)nc32)C1. The van der Waals surface area contributed by atoms with Crippen molar-refractivity contribution in [3.05, 3.63) is 17.1 Å². The van der Waals surface area contributed by atoms with Gasteiger partial charge in [0.05, 0.1) is 5.69 Å². The molecule has 4 aliphatic rings. The van der Waals surface area contributed by atoms with Crippen molar-refractivity contribution in [3.8, 4) is 0 Å². The number of methoxy groups -OCH3 is 1. The Labute approximate surface area is 172 Å². The first-order valence-corrected chi connectivity index (χ1v) is 11.2. The van der Waals surface area contributed by atoms with Gasteiger partial charge in [0.25, 0.3) is 0 Å². The predicted molar refractivity (Wildman–Crippen MR) is 109 cm³/mol. The number of fused-ring (bicyclic) bond motifs is 2. The summed E-state index contributed by atoms with van der Waals surface area (Å²) in [5.74, 6) is 2.68. The van der Waals surface area contributed by atoms with E-state index in [2.05, 4.69) is 5.32 Å². The molecule has 1 aromatic rings. The summed E-state index contributed by atoms with van der Waals surface area (Å²) in [4.78, 5) is 24.6. The summed E-state index contributed by atoms with van der Waals surface area (Å²) >= 11 is 0. The zero-order valence-electron chi connectivity index (χ0n) is 17.4. The molecule has 3 fully saturated rings. The van der Waals surface area contributed by atoms with Crippen LogP contribution in [0.1, 0.15) is 67.9 Å². The number of anilines is 1. The van der Waals surface area contributed by atoms with Crippen LogP contribution in [0, 0.1) is 0 Å². The standard InChI is InChI=1S/C22H32N4O3/c1-28-13-18(27)26-10-2-8-22(14-26)9-5-17-19(22)24-20(15-3-4-15)25-21(17)23-16-6-11-29-12-7-16/h15-16H,2-14H2,1H3,(H,23,24,25). The smallest absolute Gasteiger partial charge is 0.248 e. The molecule has 0 radical (unpaired) electrons. The number of likely N-dealkylation sites (tertiary alicyclic amines) is 1. The Balaban J connectivity index is 1.46. The molecule has 158 valence electrons. The monoisotopic (exact) mass is 400 g/mol. The molecule has 0 bridgehead atoms. The Hall–Kier alpha value is -1.73. The van der Waals surface area contributed by atoms with E-state index in [-0.39, 0.29) is 17.9 Å². The predicted octanol–water partition coefficient (Wildman–Crippen LogP) is 2.40. The molecule has 1 N–H and O–H groups in total. The number of hydrogen-bond acceptors (Lipinski definition) is 6. The molecule has 1 unspecified atom stereocenters. The summed E-state index contributed by atoms with van der Waals surface area (Å²) in [6.45, 7) is 3.39. The zero-order chi connectivity index (χ0) is 19.8. The van der Waals surface area contributed by atoms with Crippen LogP contribution >= 0.6 is 0 Å². The highest BCUT2D eigenvalue weighted by Crippen LogP contribution is 2.48. The third-order valence-corrected chi connectivity index (χ3v) is 7.08. The number of rotatable bonds is 5. The van der Waals surface area contributed by atoms with E-state index >= 15 is 0 Å². The molecule has 1 spiro atoms. The molecule has 2 saturated heterocycles. The summed E-state index contributed by atoms with van der Waals surface area (Å²) in [5.41, 5.74) is 2.50. The third kappa shape index (κ3) is 3.75. The van der Waals surface area contributed by atoms with Gasteiger partial charge in [-0.3, -0.25) is 4.79 Å². The number of ether oxygens (including phenoxy) is 2. The number of hydrogen-bond donors (Lipinski definition) is 1. The van der Waals surface area contributed by atoms with Crippen molar-refractivity contribution in [2.45, 2.75) is 68.7 Å². The average Bonchev–Trinajstić information content (AvgIpc) is 3.54. The van der Waals surface area contributed by atoms with Crippen LogP contribution < -0.4 is 5.32 Å². The van der Waals surface area contributed by atoms with Gasteiger partial charge in [0, 0.05) is 56.4 Å². The number of nitrogens with one attached hydrogen (secondary N) is 1. The van der Waals surface area contributed by atoms with Crippen molar-refractivity contribution in [3.63, 3.8) is 0 Å². The van der Waals surface area contributed by atoms with Gasteiger partial charge >= 0.3 is 0 Å². The minimum atomic E-state index is -0.0182. The summed E-state index contributed by atoms with van der Waals surface area (Å²) in [5, 5.41) is 3.75. The second kappa shape index (κ2) is 7.84. The van der Waals surface area contributed by atoms with Gasteiger partial charge in [-0.05, 0) is 51.4 Å². The lowest BCUT2D eigenvalue weighted by atomic mass is 9.77. The Morgan fingerprint density at radius 2 is 2.07 bits per heavy atom. The number of nitrogens with zero attached hydrogens (tertiary/aromatic N) is 3. The van der Waals surface area contributed by atoms with Crippen molar-refractivity contribution < 1.29 is 14.3 Å². The van der Waals surface area contributed by atoms with E-state index in [9.17, 15) is 4.79 Å². The maximum Gasteiger partial charge on any atom is 0.248 e. The Morgan fingerprint density at radius 3 is 2.83 bits per heavy atom. The molecule has 1 amide bonds. The Bertz CT molecular complexity index is 776. The number of amides is 1. The van der Waals surface area contributed by atoms with Gasteiger partial charge < -0.3 is 19.7 Å². The van der Waals surface area contributed by atoms with Crippen LogP contribution in [-0.4, -0.2) is 66.8 Å². The van der Waals surface area contributed by atoms with E-state index in [1.54, 1.807) is 7.11 Å². The first-order valence-electron chi connectivity index (χ1n) is 11.2. The molecular weight excluding hydrogens is 368 g/mol. The largest absolute Gasteiger partial charge is 0.381 e. The van der Waals surface area contributed by atoms with Crippen molar-refractivity contribution in [1.29, 1.82) is 0 Å². The number of aromatic nitrogens is 2. The summed E-state index contributed by atoms with van der Waals surface area (Å²) < 4.78 is 10.6. The minimum absolute atomic E-state index is 0.0182. The molecule has 3 heterocycles. The second-order valence-electron chi connectivity index (χ2n) is 9.20. The molecule has 29 heavy (non-hydrogen) atoms. The van der Waals surface area contributed by atoms with E-state index in [0.717, 1.165) is 76.5 Å². The quantitative estimate of drug-likeness (QED) is 0.818. The molecule has 1 atom stereocenters. The average molecular weight is 401 g/mol. The first-order chi connectivity index (χ1) is 14.2. The molecule has 0 aromatic carbocycles. The lowest BCUT2D eigenvalue weighted by Gasteiger charge is -2.40. The maximum atomic E-state index is 12.5. The molecule has 1 aromatic heterocycles. The molecular formula is C22H32N4O3.